The van der Waals surface area contributed by atoms with Crippen LogP contribution in [0, 0.1) is 13.8 Å². The first-order valence-corrected chi connectivity index (χ1v) is 12.4. The molecular weight excluding hydrogens is 448 g/mol. The largest absolute Gasteiger partial charge is 0.454 e. The number of benzene rings is 2. The second-order valence-electron chi connectivity index (χ2n) is 8.51. The second-order valence-corrected chi connectivity index (χ2v) is 9.51. The fraction of sp³-hybridized carbons (Fsp3) is 0.333. The molecule has 7 heteroatoms. The molecule has 2 heterocycles. The molecule has 0 fully saturated rings. The average Bonchev–Trinajstić information content (AvgIpc) is 3.46. The first-order chi connectivity index (χ1) is 16.5. The van der Waals surface area contributed by atoms with Crippen LogP contribution in [0.5, 0.6) is 11.5 Å². The number of carbonyl (C=O) groups is 2. The van der Waals surface area contributed by atoms with E-state index in [4.69, 9.17) is 9.47 Å². The average molecular weight is 479 g/mol. The lowest BCUT2D eigenvalue weighted by atomic mass is 10.1. The number of fused-ring (bicyclic) bond motifs is 1. The number of thiophene rings is 1. The van der Waals surface area contributed by atoms with Crippen molar-refractivity contribution >= 4 is 23.2 Å². The first-order valence-electron chi connectivity index (χ1n) is 11.5. The number of nitrogens with zero attached hydrogens (tertiary/aromatic N) is 2. The fourth-order valence-electron chi connectivity index (χ4n) is 4.00. The number of ether oxygens (including phenoxy) is 2. The van der Waals surface area contributed by atoms with Gasteiger partial charge in [-0.05, 0) is 66.6 Å². The van der Waals surface area contributed by atoms with E-state index in [9.17, 15) is 9.59 Å². The molecule has 6 nitrogen and oxygen atoms in total. The van der Waals surface area contributed by atoms with Gasteiger partial charge in [-0.2, -0.15) is 0 Å². The molecule has 0 saturated heterocycles. The molecule has 3 aromatic rings. The molecule has 2 aromatic carbocycles. The predicted molar refractivity (Wildman–Crippen MR) is 133 cm³/mol. The number of amides is 2. The first kappa shape index (κ1) is 23.8. The van der Waals surface area contributed by atoms with E-state index in [2.05, 4.69) is 13.0 Å². The molecule has 1 aromatic heterocycles. The van der Waals surface area contributed by atoms with Crippen LogP contribution in [0.15, 0.2) is 53.9 Å². The minimum absolute atomic E-state index is 0.0377. The van der Waals surface area contributed by atoms with Crippen LogP contribution in [0.25, 0.3) is 0 Å². The van der Waals surface area contributed by atoms with Gasteiger partial charge in [0.05, 0.1) is 6.54 Å². The van der Waals surface area contributed by atoms with Crippen molar-refractivity contribution in [3.05, 3.63) is 81.0 Å². The van der Waals surface area contributed by atoms with Crippen molar-refractivity contribution in [3.8, 4) is 11.5 Å². The van der Waals surface area contributed by atoms with Gasteiger partial charge < -0.3 is 19.3 Å². The molecule has 34 heavy (non-hydrogen) atoms. The highest BCUT2D eigenvalue weighted by Gasteiger charge is 2.24. The zero-order valence-corrected chi connectivity index (χ0v) is 20.7. The van der Waals surface area contributed by atoms with E-state index in [0.717, 1.165) is 28.0 Å². The SMILES string of the molecule is CCCN(CC(=O)N(Cc1ccc2c(c1)OCO2)Cc1sccc1C)C(=O)c1ccccc1C. The van der Waals surface area contributed by atoms with Gasteiger partial charge in [0, 0.05) is 23.5 Å². The topological polar surface area (TPSA) is 59.1 Å². The predicted octanol–water partition coefficient (Wildman–Crippen LogP) is 5.17. The molecule has 2 amide bonds. The maximum Gasteiger partial charge on any atom is 0.254 e. The summed E-state index contributed by atoms with van der Waals surface area (Å²) in [5.74, 6) is 1.22. The third-order valence-electron chi connectivity index (χ3n) is 5.95. The van der Waals surface area contributed by atoms with Gasteiger partial charge in [0.25, 0.3) is 5.91 Å². The summed E-state index contributed by atoms with van der Waals surface area (Å²) in [4.78, 5) is 31.5. The van der Waals surface area contributed by atoms with Gasteiger partial charge in [-0.15, -0.1) is 11.3 Å². The maximum absolute atomic E-state index is 13.6. The summed E-state index contributed by atoms with van der Waals surface area (Å²) in [7, 11) is 0. The van der Waals surface area contributed by atoms with Crippen molar-refractivity contribution in [1.82, 2.24) is 9.80 Å². The van der Waals surface area contributed by atoms with E-state index in [0.29, 0.717) is 36.7 Å². The number of rotatable bonds is 9. The molecule has 1 aliphatic heterocycles. The Bertz CT molecular complexity index is 1170. The highest BCUT2D eigenvalue weighted by atomic mass is 32.1. The molecular formula is C27H30N2O4S. The third-order valence-corrected chi connectivity index (χ3v) is 6.96. The van der Waals surface area contributed by atoms with Gasteiger partial charge in [-0.25, -0.2) is 0 Å². The Labute approximate surface area is 204 Å². The minimum atomic E-state index is -0.108. The van der Waals surface area contributed by atoms with E-state index in [-0.39, 0.29) is 25.2 Å². The van der Waals surface area contributed by atoms with Gasteiger partial charge in [0.15, 0.2) is 11.5 Å². The van der Waals surface area contributed by atoms with E-state index >= 15 is 0 Å². The summed E-state index contributed by atoms with van der Waals surface area (Å²) < 4.78 is 10.9. The summed E-state index contributed by atoms with van der Waals surface area (Å²) in [6.07, 6.45) is 0.775. The number of carbonyl (C=O) groups excluding carboxylic acids is 2. The van der Waals surface area contributed by atoms with Gasteiger partial charge in [-0.3, -0.25) is 9.59 Å². The molecule has 4 rings (SSSR count). The molecule has 0 unspecified atom stereocenters. The fourth-order valence-corrected chi connectivity index (χ4v) is 4.92. The summed E-state index contributed by atoms with van der Waals surface area (Å²) in [5.41, 5.74) is 3.67. The van der Waals surface area contributed by atoms with E-state index in [1.807, 2.05) is 66.6 Å². The molecule has 1 aliphatic rings. The molecule has 0 aliphatic carbocycles. The van der Waals surface area contributed by atoms with Gasteiger partial charge in [0.1, 0.15) is 6.54 Å². The van der Waals surface area contributed by atoms with Crippen LogP contribution in [-0.4, -0.2) is 41.5 Å². The zero-order valence-electron chi connectivity index (χ0n) is 19.9. The number of aryl methyl sites for hydroxylation is 2. The Balaban J connectivity index is 1.56. The summed E-state index contributed by atoms with van der Waals surface area (Å²) in [5, 5.41) is 2.04. The van der Waals surface area contributed by atoms with Gasteiger partial charge in [-0.1, -0.05) is 31.2 Å². The van der Waals surface area contributed by atoms with Crippen LogP contribution in [0.3, 0.4) is 0 Å². The molecule has 0 spiro atoms. The van der Waals surface area contributed by atoms with Gasteiger partial charge >= 0.3 is 0 Å². The lowest BCUT2D eigenvalue weighted by Crippen LogP contribution is -2.43. The molecule has 0 bridgehead atoms. The zero-order chi connectivity index (χ0) is 24.1. The summed E-state index contributed by atoms with van der Waals surface area (Å²) in [6.45, 7) is 7.68. The molecule has 0 atom stereocenters. The third kappa shape index (κ3) is 5.42. The van der Waals surface area contributed by atoms with Crippen LogP contribution >= 0.6 is 11.3 Å². The van der Waals surface area contributed by atoms with Crippen molar-refractivity contribution in [1.29, 1.82) is 0 Å². The Hall–Kier alpha value is -3.32. The van der Waals surface area contributed by atoms with Crippen LogP contribution in [0.1, 0.15) is 45.3 Å². The normalized spacial score (nSPS) is 12.0. The van der Waals surface area contributed by atoms with Crippen molar-refractivity contribution in [3.63, 3.8) is 0 Å². The van der Waals surface area contributed by atoms with Gasteiger partial charge in [0.2, 0.25) is 12.7 Å². The van der Waals surface area contributed by atoms with Crippen LogP contribution < -0.4 is 9.47 Å². The van der Waals surface area contributed by atoms with Crippen LogP contribution in [-0.2, 0) is 17.9 Å². The number of hydrogen-bond acceptors (Lipinski definition) is 5. The van der Waals surface area contributed by atoms with Crippen LogP contribution in [0.4, 0.5) is 0 Å². The number of hydrogen-bond donors (Lipinski definition) is 0. The van der Waals surface area contributed by atoms with Crippen molar-refractivity contribution in [2.24, 2.45) is 0 Å². The second kappa shape index (κ2) is 10.7. The Morgan fingerprint density at radius 1 is 0.941 bits per heavy atom. The lowest BCUT2D eigenvalue weighted by Gasteiger charge is -2.28. The molecule has 0 N–H and O–H groups in total. The maximum atomic E-state index is 13.6. The van der Waals surface area contributed by atoms with E-state index < -0.39 is 0 Å². The Morgan fingerprint density at radius 2 is 1.74 bits per heavy atom. The van der Waals surface area contributed by atoms with Crippen molar-refractivity contribution in [2.45, 2.75) is 40.3 Å². The van der Waals surface area contributed by atoms with E-state index in [1.165, 1.54) is 0 Å². The quantitative estimate of drug-likeness (QED) is 0.426. The highest BCUT2D eigenvalue weighted by Crippen LogP contribution is 2.33. The monoisotopic (exact) mass is 478 g/mol. The van der Waals surface area contributed by atoms with Crippen molar-refractivity contribution < 1.29 is 19.1 Å². The molecule has 0 saturated carbocycles. The smallest absolute Gasteiger partial charge is 0.254 e. The Morgan fingerprint density at radius 3 is 2.47 bits per heavy atom. The van der Waals surface area contributed by atoms with Crippen LogP contribution in [0.2, 0.25) is 0 Å². The standard InChI is InChI=1S/C27H30N2O4S/c1-4-12-28(27(31)22-8-6-5-7-19(22)2)17-26(30)29(16-25-20(3)11-13-34-25)15-21-9-10-23-24(14-21)33-18-32-23/h5-11,13-14H,4,12,15-18H2,1-3H3. The summed E-state index contributed by atoms with van der Waals surface area (Å²) >= 11 is 1.64. The minimum Gasteiger partial charge on any atom is -0.454 e. The van der Waals surface area contributed by atoms with E-state index in [1.54, 1.807) is 16.2 Å². The van der Waals surface area contributed by atoms with Crippen molar-refractivity contribution in [2.75, 3.05) is 19.9 Å². The Kier molecular flexibility index (Phi) is 7.53. The summed E-state index contributed by atoms with van der Waals surface area (Å²) in [6, 6.07) is 15.3. The highest BCUT2D eigenvalue weighted by molar-refractivity contribution is 7.10. The molecule has 178 valence electrons. The molecule has 0 radical (unpaired) electrons. The lowest BCUT2D eigenvalue weighted by molar-refractivity contribution is -0.133.